The smallest absolute Gasteiger partial charge is 0.347 e. The number of carbonyl (C=O) groups is 4. The second kappa shape index (κ2) is 9.03. The molecule has 1 saturated heterocycles. The zero-order valence-corrected chi connectivity index (χ0v) is 18.4. The van der Waals surface area contributed by atoms with Crippen molar-refractivity contribution in [1.29, 1.82) is 0 Å². The molecule has 1 aliphatic rings. The van der Waals surface area contributed by atoms with Gasteiger partial charge in [-0.25, -0.2) is 19.6 Å². The van der Waals surface area contributed by atoms with Gasteiger partial charge in [0.25, 0.3) is 11.8 Å². The molecule has 3 atom stereocenters. The van der Waals surface area contributed by atoms with Crippen LogP contribution in [0.2, 0.25) is 4.34 Å². The third-order valence-corrected chi connectivity index (χ3v) is 5.34. The third-order valence-electron chi connectivity index (χ3n) is 4.26. The van der Waals surface area contributed by atoms with Gasteiger partial charge < -0.3 is 26.1 Å². The number of nitrogens with zero attached hydrogens (tertiary/aromatic N) is 3. The van der Waals surface area contributed by atoms with E-state index in [9.17, 15) is 19.2 Å². The number of anilines is 1. The van der Waals surface area contributed by atoms with Crippen LogP contribution < -0.4 is 11.1 Å². The van der Waals surface area contributed by atoms with E-state index in [1.54, 1.807) is 13.8 Å². The molecule has 1 aromatic heterocycles. The van der Waals surface area contributed by atoms with Crippen molar-refractivity contribution in [3.05, 3.63) is 10.0 Å². The summed E-state index contributed by atoms with van der Waals surface area (Å²) in [7, 11) is 0. The number of amides is 2. The molecule has 5 N–H and O–H groups in total. The van der Waals surface area contributed by atoms with Gasteiger partial charge in [-0.1, -0.05) is 28.1 Å². The van der Waals surface area contributed by atoms with Gasteiger partial charge in [0, 0.05) is 0 Å². The number of nitrogens with one attached hydrogen (secondary N) is 1. The zero-order chi connectivity index (χ0) is 23.7. The highest BCUT2D eigenvalue weighted by Gasteiger charge is 2.57. The lowest BCUT2D eigenvalue weighted by molar-refractivity contribution is -0.273. The lowest BCUT2D eigenvalue weighted by atomic mass is 9.84. The van der Waals surface area contributed by atoms with Gasteiger partial charge in [0.2, 0.25) is 6.10 Å². The van der Waals surface area contributed by atoms with Crippen molar-refractivity contribution in [2.75, 3.05) is 5.73 Å². The number of aromatic nitrogens is 1. The summed E-state index contributed by atoms with van der Waals surface area (Å²) in [4.78, 5) is 61.1. The Morgan fingerprint density at radius 3 is 2.32 bits per heavy atom. The molecule has 0 aliphatic carbocycles. The summed E-state index contributed by atoms with van der Waals surface area (Å²) in [6, 6.07) is -1.11. The quantitative estimate of drug-likeness (QED) is 0.215. The molecular formula is C16H20ClN5O8S. The van der Waals surface area contributed by atoms with Crippen LogP contribution in [-0.2, 0) is 28.9 Å². The summed E-state index contributed by atoms with van der Waals surface area (Å²) in [6.07, 6.45) is -2.68. The van der Waals surface area contributed by atoms with E-state index in [1.807, 2.05) is 0 Å². The molecule has 0 bridgehead atoms. The van der Waals surface area contributed by atoms with Crippen molar-refractivity contribution in [1.82, 2.24) is 15.4 Å². The molecule has 1 fully saturated rings. The molecule has 170 valence electrons. The number of oxime groups is 1. The molecule has 2 rings (SSSR count). The summed E-state index contributed by atoms with van der Waals surface area (Å²) >= 11 is 6.89. The second-order valence-corrected chi connectivity index (χ2v) is 8.61. The molecule has 0 radical (unpaired) electrons. The first-order chi connectivity index (χ1) is 14.3. The Hall–Kier alpha value is -2.97. The standard InChI is InChI=1S/C16H20ClN5O8S/c1-5(13(25)26)29-21-8(7-10(17)31-15(18)19-7)11(23)20-9-12(24)22(16(9,3)4)30-6(2)14(27)28/h5-6,9H,1-4H3,(H2,18,19)(H,20,23)(H,25,26)(H,27,28). The number of rotatable bonds is 9. The van der Waals surface area contributed by atoms with E-state index in [0.717, 1.165) is 16.4 Å². The highest BCUT2D eigenvalue weighted by atomic mass is 35.5. The molecule has 2 amide bonds. The van der Waals surface area contributed by atoms with Gasteiger partial charge >= 0.3 is 11.9 Å². The molecule has 0 spiro atoms. The number of carbonyl (C=O) groups excluding carboxylic acids is 2. The molecule has 0 aromatic carbocycles. The van der Waals surface area contributed by atoms with E-state index in [-0.39, 0.29) is 15.2 Å². The van der Waals surface area contributed by atoms with Crippen LogP contribution in [0.25, 0.3) is 0 Å². The number of nitrogen functional groups attached to an aromatic ring is 1. The lowest BCUT2D eigenvalue weighted by Gasteiger charge is -2.52. The normalized spacial score (nSPS) is 19.9. The topological polar surface area (TPSA) is 194 Å². The van der Waals surface area contributed by atoms with Crippen LogP contribution in [0.3, 0.4) is 0 Å². The number of nitrogens with two attached hydrogens (primary N) is 1. The van der Waals surface area contributed by atoms with Crippen LogP contribution in [0, 0.1) is 0 Å². The minimum absolute atomic E-state index is 0.00239. The van der Waals surface area contributed by atoms with Crippen LogP contribution in [0.5, 0.6) is 0 Å². The number of hydrogen-bond acceptors (Lipinski definition) is 10. The maximum atomic E-state index is 12.9. The number of β-lactam (4-membered cyclic amide) rings is 1. The second-order valence-electron chi connectivity index (χ2n) is 6.98. The Morgan fingerprint density at radius 1 is 1.29 bits per heavy atom. The van der Waals surface area contributed by atoms with Crippen LogP contribution in [0.4, 0.5) is 5.13 Å². The minimum Gasteiger partial charge on any atom is -0.479 e. The fraction of sp³-hybridized carbons (Fsp3) is 0.500. The maximum Gasteiger partial charge on any atom is 0.347 e. The Morgan fingerprint density at radius 2 is 1.87 bits per heavy atom. The predicted octanol–water partition coefficient (Wildman–Crippen LogP) is 0.0828. The summed E-state index contributed by atoms with van der Waals surface area (Å²) in [5, 5.41) is 24.8. The Kier molecular flexibility index (Phi) is 7.08. The number of carboxylic acid groups (broad SMARTS) is 2. The van der Waals surface area contributed by atoms with Gasteiger partial charge in [-0.2, -0.15) is 0 Å². The van der Waals surface area contributed by atoms with E-state index in [0.29, 0.717) is 0 Å². The summed E-state index contributed by atoms with van der Waals surface area (Å²) < 4.78 is -0.00239. The largest absolute Gasteiger partial charge is 0.479 e. The van der Waals surface area contributed by atoms with E-state index in [4.69, 9.17) is 37.2 Å². The van der Waals surface area contributed by atoms with Gasteiger partial charge in [0.15, 0.2) is 16.9 Å². The highest BCUT2D eigenvalue weighted by Crippen LogP contribution is 2.33. The lowest BCUT2D eigenvalue weighted by Crippen LogP contribution is -2.77. The maximum absolute atomic E-state index is 12.9. The van der Waals surface area contributed by atoms with Gasteiger partial charge in [0.05, 0.1) is 5.54 Å². The third kappa shape index (κ3) is 5.03. The summed E-state index contributed by atoms with van der Waals surface area (Å²) in [5.41, 5.74) is 3.83. The molecule has 1 aliphatic heterocycles. The fourth-order valence-electron chi connectivity index (χ4n) is 2.42. The summed E-state index contributed by atoms with van der Waals surface area (Å²) in [6.45, 7) is 5.52. The molecule has 31 heavy (non-hydrogen) atoms. The Balaban J connectivity index is 2.25. The van der Waals surface area contributed by atoms with Crippen molar-refractivity contribution in [3.8, 4) is 0 Å². The first kappa shape index (κ1) is 24.3. The van der Waals surface area contributed by atoms with Gasteiger partial charge in [-0.05, 0) is 27.7 Å². The van der Waals surface area contributed by atoms with Crippen LogP contribution in [-0.4, -0.2) is 73.5 Å². The SMILES string of the molecule is CC(ON=C(C(=O)NC1C(=O)N(OC(C)C(=O)O)C1(C)C)c1nc(N)sc1Cl)C(=O)O. The first-order valence-electron chi connectivity index (χ1n) is 8.70. The monoisotopic (exact) mass is 477 g/mol. The zero-order valence-electron chi connectivity index (χ0n) is 16.8. The number of thiazole rings is 1. The first-order valence-corrected chi connectivity index (χ1v) is 9.90. The molecule has 13 nitrogen and oxygen atoms in total. The van der Waals surface area contributed by atoms with Gasteiger partial charge in [-0.15, -0.1) is 0 Å². The fourth-order valence-corrected chi connectivity index (χ4v) is 3.34. The van der Waals surface area contributed by atoms with Crippen molar-refractivity contribution in [2.45, 2.75) is 51.5 Å². The Bertz CT molecular complexity index is 948. The van der Waals surface area contributed by atoms with Crippen molar-refractivity contribution in [2.24, 2.45) is 5.16 Å². The number of aliphatic carboxylic acids is 2. The van der Waals surface area contributed by atoms with Crippen molar-refractivity contribution in [3.63, 3.8) is 0 Å². The van der Waals surface area contributed by atoms with Crippen molar-refractivity contribution >= 4 is 57.5 Å². The van der Waals surface area contributed by atoms with Crippen molar-refractivity contribution < 1.29 is 39.1 Å². The summed E-state index contributed by atoms with van der Waals surface area (Å²) in [5.74, 6) is -4.24. The number of hydroxylamine groups is 2. The van der Waals surface area contributed by atoms with Crippen LogP contribution >= 0.6 is 22.9 Å². The Labute approximate surface area is 184 Å². The minimum atomic E-state index is -1.39. The van der Waals surface area contributed by atoms with E-state index in [2.05, 4.69) is 15.5 Å². The van der Waals surface area contributed by atoms with Gasteiger partial charge in [0.1, 0.15) is 16.1 Å². The molecule has 3 unspecified atom stereocenters. The average Bonchev–Trinajstić information content (AvgIpc) is 3.01. The highest BCUT2D eigenvalue weighted by molar-refractivity contribution is 7.19. The number of carboxylic acids is 2. The van der Waals surface area contributed by atoms with E-state index < -0.39 is 53.3 Å². The molecular weight excluding hydrogens is 458 g/mol. The molecule has 0 saturated carbocycles. The molecule has 1 aromatic rings. The number of halogens is 1. The molecule has 2 heterocycles. The number of hydrogen-bond donors (Lipinski definition) is 4. The van der Waals surface area contributed by atoms with Crippen LogP contribution in [0.15, 0.2) is 5.16 Å². The van der Waals surface area contributed by atoms with E-state index in [1.165, 1.54) is 13.8 Å². The predicted molar refractivity (Wildman–Crippen MR) is 107 cm³/mol. The van der Waals surface area contributed by atoms with Crippen LogP contribution in [0.1, 0.15) is 33.4 Å². The molecule has 15 heteroatoms. The average molecular weight is 478 g/mol. The van der Waals surface area contributed by atoms with Gasteiger partial charge in [-0.3, -0.25) is 14.4 Å². The van der Waals surface area contributed by atoms with E-state index >= 15 is 0 Å².